The van der Waals surface area contributed by atoms with Crippen molar-refractivity contribution in [3.63, 3.8) is 0 Å². The Bertz CT molecular complexity index is 762. The average Bonchev–Trinajstić information content (AvgIpc) is 3.28. The van der Waals surface area contributed by atoms with Gasteiger partial charge < -0.3 is 19.1 Å². The first-order chi connectivity index (χ1) is 13.6. The van der Waals surface area contributed by atoms with Gasteiger partial charge >= 0.3 is 0 Å². The number of nitrogens with zero attached hydrogens (tertiary/aromatic N) is 5. The molecule has 2 aromatic rings. The Morgan fingerprint density at radius 1 is 0.964 bits per heavy atom. The second-order valence-corrected chi connectivity index (χ2v) is 6.83. The van der Waals surface area contributed by atoms with Gasteiger partial charge in [0.15, 0.2) is 17.3 Å². The number of aromatic nitrogens is 2. The van der Waals surface area contributed by atoms with E-state index in [1.165, 1.54) is 6.26 Å². The minimum atomic E-state index is -0.151. The number of carbonyl (C=O) groups excluding carboxylic acids is 2. The summed E-state index contributed by atoms with van der Waals surface area (Å²) in [5, 5.41) is 8.42. The van der Waals surface area contributed by atoms with Crippen LogP contribution in [0.3, 0.4) is 0 Å². The van der Waals surface area contributed by atoms with Gasteiger partial charge in [0.1, 0.15) is 0 Å². The lowest BCUT2D eigenvalue weighted by Gasteiger charge is -2.34. The van der Waals surface area contributed by atoms with Gasteiger partial charge in [-0.2, -0.15) is 0 Å². The molecule has 1 aliphatic rings. The van der Waals surface area contributed by atoms with Crippen LogP contribution in [0.25, 0.3) is 0 Å². The molecule has 2 amide bonds. The largest absolute Gasteiger partial charge is 0.459 e. The van der Waals surface area contributed by atoms with Crippen molar-refractivity contribution >= 4 is 17.6 Å². The molecule has 0 spiro atoms. The van der Waals surface area contributed by atoms with E-state index in [2.05, 4.69) is 28.9 Å². The van der Waals surface area contributed by atoms with Crippen LogP contribution in [0.2, 0.25) is 0 Å². The van der Waals surface area contributed by atoms with Crippen molar-refractivity contribution < 1.29 is 14.0 Å². The van der Waals surface area contributed by atoms with Crippen LogP contribution >= 0.6 is 0 Å². The number of furan rings is 1. The van der Waals surface area contributed by atoms with Crippen LogP contribution < -0.4 is 4.90 Å². The number of piperazine rings is 1. The van der Waals surface area contributed by atoms with Crippen molar-refractivity contribution in [2.75, 3.05) is 44.2 Å². The fourth-order valence-corrected chi connectivity index (χ4v) is 3.32. The molecule has 0 aromatic carbocycles. The van der Waals surface area contributed by atoms with Gasteiger partial charge in [-0.1, -0.05) is 13.8 Å². The second kappa shape index (κ2) is 9.34. The fraction of sp³-hybridized carbons (Fsp3) is 0.500. The molecule has 28 heavy (non-hydrogen) atoms. The first kappa shape index (κ1) is 19.9. The van der Waals surface area contributed by atoms with Crippen molar-refractivity contribution in [3.8, 4) is 0 Å². The highest BCUT2D eigenvalue weighted by molar-refractivity contribution is 5.93. The average molecular weight is 385 g/mol. The highest BCUT2D eigenvalue weighted by Crippen LogP contribution is 2.14. The molecular formula is C20H27N5O3. The van der Waals surface area contributed by atoms with Gasteiger partial charge in [-0.25, -0.2) is 0 Å². The van der Waals surface area contributed by atoms with E-state index in [9.17, 15) is 9.59 Å². The summed E-state index contributed by atoms with van der Waals surface area (Å²) in [7, 11) is 0. The normalized spacial score (nSPS) is 14.2. The topological polar surface area (TPSA) is 82.8 Å². The molecule has 0 unspecified atom stereocenters. The SMILES string of the molecule is CCCN(CCC)c1ccc(C(=O)N2CCN(C(=O)c3ccco3)CC2)nn1. The molecule has 1 saturated heterocycles. The van der Waals surface area contributed by atoms with E-state index < -0.39 is 0 Å². The summed E-state index contributed by atoms with van der Waals surface area (Å²) in [5.74, 6) is 0.828. The van der Waals surface area contributed by atoms with Gasteiger partial charge in [0.2, 0.25) is 0 Å². The molecule has 1 fully saturated rings. The zero-order valence-electron chi connectivity index (χ0n) is 16.5. The van der Waals surface area contributed by atoms with Crippen LogP contribution in [-0.4, -0.2) is 71.1 Å². The summed E-state index contributed by atoms with van der Waals surface area (Å²) in [5.41, 5.74) is 0.336. The van der Waals surface area contributed by atoms with E-state index in [4.69, 9.17) is 4.42 Å². The maximum absolute atomic E-state index is 12.7. The third-order valence-electron chi connectivity index (χ3n) is 4.77. The minimum Gasteiger partial charge on any atom is -0.459 e. The highest BCUT2D eigenvalue weighted by atomic mass is 16.3. The lowest BCUT2D eigenvalue weighted by molar-refractivity contribution is 0.0514. The van der Waals surface area contributed by atoms with Gasteiger partial charge in [-0.15, -0.1) is 10.2 Å². The maximum Gasteiger partial charge on any atom is 0.289 e. The van der Waals surface area contributed by atoms with Crippen LogP contribution in [0.1, 0.15) is 47.7 Å². The maximum atomic E-state index is 12.7. The molecule has 0 atom stereocenters. The highest BCUT2D eigenvalue weighted by Gasteiger charge is 2.27. The summed E-state index contributed by atoms with van der Waals surface area (Å²) in [6, 6.07) is 6.94. The van der Waals surface area contributed by atoms with Gasteiger partial charge in [-0.05, 0) is 37.1 Å². The molecule has 8 nitrogen and oxygen atoms in total. The molecular weight excluding hydrogens is 358 g/mol. The number of hydrogen-bond donors (Lipinski definition) is 0. The lowest BCUT2D eigenvalue weighted by atomic mass is 10.2. The van der Waals surface area contributed by atoms with Gasteiger partial charge in [0.25, 0.3) is 11.8 Å². The molecule has 0 aliphatic carbocycles. The Morgan fingerprint density at radius 3 is 2.11 bits per heavy atom. The van der Waals surface area contributed by atoms with Gasteiger partial charge in [0.05, 0.1) is 6.26 Å². The molecule has 150 valence electrons. The third kappa shape index (κ3) is 4.49. The molecule has 1 aliphatic heterocycles. The van der Waals surface area contributed by atoms with Crippen molar-refractivity contribution in [1.29, 1.82) is 0 Å². The number of carbonyl (C=O) groups is 2. The van der Waals surface area contributed by atoms with E-state index >= 15 is 0 Å². The van der Waals surface area contributed by atoms with Gasteiger partial charge in [-0.3, -0.25) is 9.59 Å². The van der Waals surface area contributed by atoms with Crippen LogP contribution in [0.4, 0.5) is 5.82 Å². The third-order valence-corrected chi connectivity index (χ3v) is 4.77. The second-order valence-electron chi connectivity index (χ2n) is 6.83. The number of hydrogen-bond acceptors (Lipinski definition) is 6. The Balaban J connectivity index is 1.58. The first-order valence-corrected chi connectivity index (χ1v) is 9.84. The summed E-state index contributed by atoms with van der Waals surface area (Å²) in [6.45, 7) is 7.96. The quantitative estimate of drug-likeness (QED) is 0.727. The number of anilines is 1. The van der Waals surface area contributed by atoms with Crippen molar-refractivity contribution in [2.24, 2.45) is 0 Å². The van der Waals surface area contributed by atoms with Crippen molar-refractivity contribution in [3.05, 3.63) is 42.0 Å². The zero-order valence-corrected chi connectivity index (χ0v) is 16.5. The van der Waals surface area contributed by atoms with E-state index in [-0.39, 0.29) is 11.8 Å². The van der Waals surface area contributed by atoms with Crippen molar-refractivity contribution in [2.45, 2.75) is 26.7 Å². The molecule has 0 saturated carbocycles. The molecule has 8 heteroatoms. The predicted octanol–water partition coefficient (Wildman–Crippen LogP) is 2.29. The summed E-state index contributed by atoms with van der Waals surface area (Å²) in [6.07, 6.45) is 3.55. The number of rotatable bonds is 7. The van der Waals surface area contributed by atoms with Crippen LogP contribution in [0.15, 0.2) is 34.9 Å². The molecule has 0 radical (unpaired) electrons. The summed E-state index contributed by atoms with van der Waals surface area (Å²) >= 11 is 0. The zero-order chi connectivity index (χ0) is 19.9. The van der Waals surface area contributed by atoms with E-state index in [0.29, 0.717) is 37.6 Å². The number of amides is 2. The smallest absolute Gasteiger partial charge is 0.289 e. The Morgan fingerprint density at radius 2 is 1.61 bits per heavy atom. The molecule has 0 bridgehead atoms. The van der Waals surface area contributed by atoms with Crippen LogP contribution in [-0.2, 0) is 0 Å². The summed E-state index contributed by atoms with van der Waals surface area (Å²) < 4.78 is 5.16. The fourth-order valence-electron chi connectivity index (χ4n) is 3.32. The first-order valence-electron chi connectivity index (χ1n) is 9.84. The molecule has 3 heterocycles. The Labute approximate surface area is 165 Å². The predicted molar refractivity (Wildman–Crippen MR) is 105 cm³/mol. The minimum absolute atomic E-state index is 0.145. The monoisotopic (exact) mass is 385 g/mol. The molecule has 0 N–H and O–H groups in total. The standard InChI is InChI=1S/C20H27N5O3/c1-3-9-23(10-4-2)18-8-7-16(21-22-18)19(26)24-11-13-25(14-12-24)20(27)17-6-5-15-28-17/h5-8,15H,3-4,9-14H2,1-2H3. The van der Waals surface area contributed by atoms with Crippen LogP contribution in [0, 0.1) is 0 Å². The lowest BCUT2D eigenvalue weighted by Crippen LogP contribution is -2.50. The molecule has 2 aromatic heterocycles. The van der Waals surface area contributed by atoms with E-state index in [1.54, 1.807) is 28.0 Å². The van der Waals surface area contributed by atoms with E-state index in [1.807, 2.05) is 6.07 Å². The Hall–Kier alpha value is -2.90. The summed E-state index contributed by atoms with van der Waals surface area (Å²) in [4.78, 5) is 30.6. The van der Waals surface area contributed by atoms with Crippen LogP contribution in [0.5, 0.6) is 0 Å². The molecule has 3 rings (SSSR count). The van der Waals surface area contributed by atoms with Gasteiger partial charge in [0, 0.05) is 39.3 Å². The Kier molecular flexibility index (Phi) is 6.62. The van der Waals surface area contributed by atoms with E-state index in [0.717, 1.165) is 31.7 Å². The van der Waals surface area contributed by atoms with Crippen molar-refractivity contribution in [1.82, 2.24) is 20.0 Å².